The molecule has 1 heterocycles. The van der Waals surface area contributed by atoms with Crippen LogP contribution >= 0.6 is 11.6 Å². The van der Waals surface area contributed by atoms with Crippen molar-refractivity contribution in [1.82, 2.24) is 10.2 Å². The number of piperidine rings is 1. The molecule has 6 nitrogen and oxygen atoms in total. The third-order valence-electron chi connectivity index (χ3n) is 6.14. The Labute approximate surface area is 187 Å². The number of phenols is 1. The van der Waals surface area contributed by atoms with E-state index in [1.54, 1.807) is 42.5 Å². The number of benzene rings is 2. The third-order valence-corrected chi connectivity index (χ3v) is 6.37. The average Bonchev–Trinajstić information content (AvgIpc) is 3.48. The molecule has 2 aromatic carbocycles. The second kappa shape index (κ2) is 9.28. The Bertz CT molecular complexity index is 963. The highest BCUT2D eigenvalue weighted by Crippen LogP contribution is 2.38. The van der Waals surface area contributed by atoms with Gasteiger partial charge in [0.15, 0.2) is 0 Å². The van der Waals surface area contributed by atoms with Gasteiger partial charge in [0.25, 0.3) is 5.91 Å². The second-order valence-corrected chi connectivity index (χ2v) is 9.14. The highest BCUT2D eigenvalue weighted by atomic mass is 35.5. The molecule has 7 heteroatoms. The van der Waals surface area contributed by atoms with Gasteiger partial charge in [0.2, 0.25) is 5.91 Å². The Kier molecular flexibility index (Phi) is 6.49. The second-order valence-electron chi connectivity index (χ2n) is 8.71. The van der Waals surface area contributed by atoms with E-state index in [1.807, 2.05) is 0 Å². The Balaban J connectivity index is 1.30. The predicted molar refractivity (Wildman–Crippen MR) is 121 cm³/mol. The number of likely N-dealkylation sites (tertiary alicyclic amines) is 1. The van der Waals surface area contributed by atoms with E-state index in [0.29, 0.717) is 35.3 Å². The predicted octanol–water partition coefficient (Wildman–Crippen LogP) is 4.03. The molecule has 164 valence electrons. The van der Waals surface area contributed by atoms with Crippen LogP contribution in [0.3, 0.4) is 0 Å². The maximum absolute atomic E-state index is 12.7. The minimum atomic E-state index is -0.119. The lowest BCUT2D eigenvalue weighted by Crippen LogP contribution is -2.47. The van der Waals surface area contributed by atoms with Gasteiger partial charge >= 0.3 is 0 Å². The normalized spacial score (nSPS) is 23.2. The number of anilines is 1. The monoisotopic (exact) mass is 441 g/mol. The first-order valence-corrected chi connectivity index (χ1v) is 11.2. The summed E-state index contributed by atoms with van der Waals surface area (Å²) < 4.78 is 0. The van der Waals surface area contributed by atoms with Crippen LogP contribution in [-0.2, 0) is 11.3 Å². The van der Waals surface area contributed by atoms with Crippen molar-refractivity contribution in [1.29, 1.82) is 0 Å². The molecule has 2 fully saturated rings. The number of amides is 2. The van der Waals surface area contributed by atoms with Crippen LogP contribution in [0.4, 0.5) is 5.69 Å². The van der Waals surface area contributed by atoms with Gasteiger partial charge < -0.3 is 15.7 Å². The number of rotatable bonds is 6. The topological polar surface area (TPSA) is 81.7 Å². The summed E-state index contributed by atoms with van der Waals surface area (Å²) in [6.07, 6.45) is 2.83. The number of nitrogens with zero attached hydrogens (tertiary/aromatic N) is 1. The molecule has 1 saturated carbocycles. The van der Waals surface area contributed by atoms with Gasteiger partial charge in [-0.2, -0.15) is 0 Å². The first-order valence-electron chi connectivity index (χ1n) is 10.8. The molecule has 2 aliphatic rings. The number of hydrogen-bond acceptors (Lipinski definition) is 4. The lowest BCUT2D eigenvalue weighted by Gasteiger charge is -2.33. The van der Waals surface area contributed by atoms with Crippen molar-refractivity contribution in [3.63, 3.8) is 0 Å². The number of carbonyl (C=O) groups is 2. The van der Waals surface area contributed by atoms with Crippen LogP contribution in [0.15, 0.2) is 42.5 Å². The number of phenolic OH excluding ortho intramolecular Hbond substituents is 1. The molecule has 1 aliphatic carbocycles. The Morgan fingerprint density at radius 3 is 2.65 bits per heavy atom. The summed E-state index contributed by atoms with van der Waals surface area (Å²) in [5.41, 5.74) is 2.07. The molecule has 0 spiro atoms. The van der Waals surface area contributed by atoms with Gasteiger partial charge in [0.1, 0.15) is 5.75 Å². The van der Waals surface area contributed by atoms with Crippen LogP contribution < -0.4 is 10.6 Å². The highest BCUT2D eigenvalue weighted by Gasteiger charge is 2.39. The molecule has 1 aliphatic heterocycles. The molecule has 0 bridgehead atoms. The van der Waals surface area contributed by atoms with E-state index in [1.165, 1.54) is 0 Å². The summed E-state index contributed by atoms with van der Waals surface area (Å²) in [4.78, 5) is 27.0. The van der Waals surface area contributed by atoms with E-state index >= 15 is 0 Å². The van der Waals surface area contributed by atoms with Crippen molar-refractivity contribution < 1.29 is 14.7 Å². The van der Waals surface area contributed by atoms with E-state index < -0.39 is 0 Å². The standard InChI is InChI=1S/C24H28ClN3O3/c1-15-11-21(15)24(31)26-19-7-4-16(5-8-19)23(30)27-20-3-2-10-28(14-20)13-17-12-18(25)6-9-22(17)29/h4-9,12,15,20-21,29H,2-3,10-11,13-14H2,1H3,(H,26,31)(H,27,30)/t15-,20-,21-/m1/s1. The number of hydrogen-bond donors (Lipinski definition) is 3. The first-order chi connectivity index (χ1) is 14.9. The SMILES string of the molecule is C[C@@H]1C[C@H]1C(=O)Nc1ccc(C(=O)N[C@@H]2CCCN(Cc3cc(Cl)ccc3O)C2)cc1. The highest BCUT2D eigenvalue weighted by molar-refractivity contribution is 6.30. The summed E-state index contributed by atoms with van der Waals surface area (Å²) in [6.45, 7) is 4.28. The summed E-state index contributed by atoms with van der Waals surface area (Å²) >= 11 is 6.05. The van der Waals surface area contributed by atoms with Gasteiger partial charge in [-0.1, -0.05) is 18.5 Å². The maximum atomic E-state index is 12.7. The van der Waals surface area contributed by atoms with Crippen molar-refractivity contribution in [3.05, 3.63) is 58.6 Å². The Morgan fingerprint density at radius 1 is 1.19 bits per heavy atom. The maximum Gasteiger partial charge on any atom is 0.251 e. The third kappa shape index (κ3) is 5.57. The molecule has 3 N–H and O–H groups in total. The largest absolute Gasteiger partial charge is 0.508 e. The van der Waals surface area contributed by atoms with Crippen molar-refractivity contribution in [3.8, 4) is 5.75 Å². The van der Waals surface area contributed by atoms with Crippen molar-refractivity contribution in [2.24, 2.45) is 11.8 Å². The van der Waals surface area contributed by atoms with Crippen LogP contribution in [0, 0.1) is 11.8 Å². The zero-order valence-corrected chi connectivity index (χ0v) is 18.4. The summed E-state index contributed by atoms with van der Waals surface area (Å²) in [5, 5.41) is 16.7. The van der Waals surface area contributed by atoms with Crippen LogP contribution in [0.25, 0.3) is 0 Å². The molecule has 31 heavy (non-hydrogen) atoms. The molecular formula is C24H28ClN3O3. The van der Waals surface area contributed by atoms with Crippen molar-refractivity contribution in [2.45, 2.75) is 38.8 Å². The van der Waals surface area contributed by atoms with Crippen molar-refractivity contribution in [2.75, 3.05) is 18.4 Å². The molecule has 4 rings (SSSR count). The molecule has 0 aromatic heterocycles. The molecular weight excluding hydrogens is 414 g/mol. The average molecular weight is 442 g/mol. The van der Waals surface area contributed by atoms with Gasteiger partial charge in [-0.05, 0) is 74.2 Å². The molecule has 2 aromatic rings. The quantitative estimate of drug-likeness (QED) is 0.632. The van der Waals surface area contributed by atoms with Crippen LogP contribution in [0.2, 0.25) is 5.02 Å². The molecule has 3 atom stereocenters. The minimum absolute atomic E-state index is 0.0401. The van der Waals surface area contributed by atoms with Gasteiger partial charge in [0, 0.05) is 46.9 Å². The zero-order valence-electron chi connectivity index (χ0n) is 17.6. The summed E-state index contributed by atoms with van der Waals surface area (Å²) in [5.74, 6) is 0.747. The molecule has 0 unspecified atom stereocenters. The van der Waals surface area contributed by atoms with Crippen LogP contribution in [0.5, 0.6) is 5.75 Å². The lowest BCUT2D eigenvalue weighted by molar-refractivity contribution is -0.117. The van der Waals surface area contributed by atoms with Gasteiger partial charge in [-0.15, -0.1) is 0 Å². The van der Waals surface area contributed by atoms with Crippen LogP contribution in [-0.4, -0.2) is 41.0 Å². The number of carbonyl (C=O) groups excluding carboxylic acids is 2. The molecule has 1 saturated heterocycles. The minimum Gasteiger partial charge on any atom is -0.508 e. The van der Waals surface area contributed by atoms with E-state index in [9.17, 15) is 14.7 Å². The fourth-order valence-corrected chi connectivity index (χ4v) is 4.33. The fraction of sp³-hybridized carbons (Fsp3) is 0.417. The van der Waals surface area contributed by atoms with E-state index in [2.05, 4.69) is 22.5 Å². The Hall–Kier alpha value is -2.57. The number of nitrogens with one attached hydrogen (secondary N) is 2. The summed E-state index contributed by atoms with van der Waals surface area (Å²) in [7, 11) is 0. The zero-order chi connectivity index (χ0) is 22.0. The first kappa shape index (κ1) is 21.7. The van der Waals surface area contributed by atoms with Gasteiger partial charge in [-0.25, -0.2) is 0 Å². The van der Waals surface area contributed by atoms with E-state index in [-0.39, 0.29) is 29.5 Å². The number of aromatic hydroxyl groups is 1. The van der Waals surface area contributed by atoms with Crippen molar-refractivity contribution >= 4 is 29.1 Å². The smallest absolute Gasteiger partial charge is 0.251 e. The van der Waals surface area contributed by atoms with Gasteiger partial charge in [0.05, 0.1) is 0 Å². The fourth-order valence-electron chi connectivity index (χ4n) is 4.13. The Morgan fingerprint density at radius 2 is 1.94 bits per heavy atom. The lowest BCUT2D eigenvalue weighted by atomic mass is 10.0. The van der Waals surface area contributed by atoms with E-state index in [4.69, 9.17) is 11.6 Å². The summed E-state index contributed by atoms with van der Waals surface area (Å²) in [6, 6.07) is 12.1. The van der Waals surface area contributed by atoms with E-state index in [0.717, 1.165) is 31.4 Å². The van der Waals surface area contributed by atoms with Gasteiger partial charge in [-0.3, -0.25) is 14.5 Å². The molecule has 2 amide bonds. The van der Waals surface area contributed by atoms with Crippen LogP contribution in [0.1, 0.15) is 42.1 Å². The number of halogens is 1. The molecule has 0 radical (unpaired) electrons.